The van der Waals surface area contributed by atoms with Crippen molar-refractivity contribution in [1.82, 2.24) is 4.57 Å². The first-order chi connectivity index (χ1) is 10.3. The summed E-state index contributed by atoms with van der Waals surface area (Å²) in [7, 11) is 0. The topological polar surface area (TPSA) is 4.93 Å². The maximum absolute atomic E-state index is 6.47. The minimum Gasteiger partial charge on any atom is -0.308 e. The monoisotopic (exact) mass is 355 g/mol. The van der Waals surface area contributed by atoms with Crippen molar-refractivity contribution < 1.29 is 0 Å². The molecule has 102 valence electrons. The molecule has 4 rings (SSSR count). The molecule has 0 aliphatic heterocycles. The summed E-state index contributed by atoms with van der Waals surface area (Å²) in [6.07, 6.45) is 0. The van der Waals surface area contributed by atoms with E-state index in [1.165, 1.54) is 5.39 Å². The maximum Gasteiger partial charge on any atom is 0.0698 e. The zero-order valence-corrected chi connectivity index (χ0v) is 13.4. The van der Waals surface area contributed by atoms with Gasteiger partial charge in [0.25, 0.3) is 0 Å². The van der Waals surface area contributed by atoms with Gasteiger partial charge >= 0.3 is 0 Å². The van der Waals surface area contributed by atoms with Crippen LogP contribution in [0.2, 0.25) is 5.02 Å². The number of nitrogens with zero attached hydrogens (tertiary/aromatic N) is 1. The minimum absolute atomic E-state index is 0.777. The van der Waals surface area contributed by atoms with Crippen LogP contribution in [-0.2, 0) is 0 Å². The quantitative estimate of drug-likeness (QED) is 0.382. The molecule has 0 saturated heterocycles. The van der Waals surface area contributed by atoms with Gasteiger partial charge in [0, 0.05) is 20.9 Å². The van der Waals surface area contributed by atoms with Gasteiger partial charge in [-0.05, 0) is 46.3 Å². The van der Waals surface area contributed by atoms with Crippen LogP contribution in [0.4, 0.5) is 0 Å². The third kappa shape index (κ3) is 1.90. The smallest absolute Gasteiger partial charge is 0.0698 e. The molecule has 0 saturated carbocycles. The van der Waals surface area contributed by atoms with E-state index >= 15 is 0 Å². The number of benzene rings is 3. The predicted octanol–water partition coefficient (Wildman–Crippen LogP) is 6.20. The van der Waals surface area contributed by atoms with Gasteiger partial charge < -0.3 is 4.57 Å². The van der Waals surface area contributed by atoms with E-state index in [1.54, 1.807) is 0 Å². The molecular formula is C18H11BrClN. The Balaban J connectivity index is 2.30. The minimum atomic E-state index is 0.777. The second-order valence-corrected chi connectivity index (χ2v) is 6.20. The Bertz CT molecular complexity index is 957. The first-order valence-electron chi connectivity index (χ1n) is 6.70. The first-order valence-corrected chi connectivity index (χ1v) is 7.87. The summed E-state index contributed by atoms with van der Waals surface area (Å²) in [6, 6.07) is 22.6. The van der Waals surface area contributed by atoms with Crippen molar-refractivity contribution in [2.24, 2.45) is 0 Å². The summed E-state index contributed by atoms with van der Waals surface area (Å²) in [4.78, 5) is 0. The van der Waals surface area contributed by atoms with E-state index in [2.05, 4.69) is 50.8 Å². The number of para-hydroxylation sites is 2. The van der Waals surface area contributed by atoms with Crippen LogP contribution in [0.1, 0.15) is 0 Å². The van der Waals surface area contributed by atoms with Crippen molar-refractivity contribution >= 4 is 49.3 Å². The van der Waals surface area contributed by atoms with Gasteiger partial charge in [0.2, 0.25) is 0 Å². The van der Waals surface area contributed by atoms with Crippen molar-refractivity contribution in [1.29, 1.82) is 0 Å². The second-order valence-electron chi connectivity index (χ2n) is 4.94. The van der Waals surface area contributed by atoms with Gasteiger partial charge in [0.05, 0.1) is 16.1 Å². The highest BCUT2D eigenvalue weighted by atomic mass is 79.9. The lowest BCUT2D eigenvalue weighted by Crippen LogP contribution is -1.93. The highest BCUT2D eigenvalue weighted by Crippen LogP contribution is 2.39. The van der Waals surface area contributed by atoms with Crippen LogP contribution in [0.5, 0.6) is 0 Å². The number of aromatic nitrogens is 1. The Kier molecular flexibility index (Phi) is 3.02. The number of hydrogen-bond acceptors (Lipinski definition) is 0. The van der Waals surface area contributed by atoms with Crippen molar-refractivity contribution in [3.63, 3.8) is 0 Å². The Morgan fingerprint density at radius 2 is 1.52 bits per heavy atom. The normalized spacial score (nSPS) is 11.3. The van der Waals surface area contributed by atoms with E-state index in [-0.39, 0.29) is 0 Å². The third-order valence-corrected chi connectivity index (χ3v) is 4.69. The molecule has 3 heteroatoms. The van der Waals surface area contributed by atoms with Crippen LogP contribution in [0.15, 0.2) is 71.2 Å². The van der Waals surface area contributed by atoms with Gasteiger partial charge in [-0.3, -0.25) is 0 Å². The Hall–Kier alpha value is -1.77. The van der Waals surface area contributed by atoms with Gasteiger partial charge in [-0.25, -0.2) is 0 Å². The Labute approximate surface area is 135 Å². The number of halogens is 2. The van der Waals surface area contributed by atoms with Gasteiger partial charge in [0.1, 0.15) is 0 Å². The van der Waals surface area contributed by atoms with Gasteiger partial charge in [-0.15, -0.1) is 0 Å². The molecule has 0 radical (unpaired) electrons. The molecule has 4 aromatic rings. The number of rotatable bonds is 1. The Morgan fingerprint density at radius 3 is 2.33 bits per heavy atom. The average molecular weight is 357 g/mol. The summed E-state index contributed by atoms with van der Waals surface area (Å²) in [6.45, 7) is 0. The van der Waals surface area contributed by atoms with Crippen molar-refractivity contribution in [2.75, 3.05) is 0 Å². The molecule has 0 N–H and O–H groups in total. The predicted molar refractivity (Wildman–Crippen MR) is 93.5 cm³/mol. The molecule has 0 bridgehead atoms. The average Bonchev–Trinajstić information content (AvgIpc) is 2.88. The van der Waals surface area contributed by atoms with Gasteiger partial charge in [-0.2, -0.15) is 0 Å². The van der Waals surface area contributed by atoms with E-state index in [0.29, 0.717) is 0 Å². The third-order valence-electron chi connectivity index (χ3n) is 3.73. The van der Waals surface area contributed by atoms with Crippen LogP contribution < -0.4 is 0 Å². The zero-order chi connectivity index (χ0) is 14.4. The summed E-state index contributed by atoms with van der Waals surface area (Å²) in [5, 5.41) is 3.03. The standard InChI is InChI=1S/C18H11BrClN/c19-14-10-11-15(20)17-13-8-4-5-9-16(13)21(18(14)17)12-6-2-1-3-7-12/h1-11H. The lowest BCUT2D eigenvalue weighted by molar-refractivity contribution is 1.18. The number of hydrogen-bond donors (Lipinski definition) is 0. The van der Waals surface area contributed by atoms with Crippen LogP contribution in [0.25, 0.3) is 27.5 Å². The van der Waals surface area contributed by atoms with E-state index in [4.69, 9.17) is 11.6 Å². The zero-order valence-electron chi connectivity index (χ0n) is 11.1. The fourth-order valence-corrected chi connectivity index (χ4v) is 3.62. The number of fused-ring (bicyclic) bond motifs is 3. The largest absolute Gasteiger partial charge is 0.308 e. The molecular weight excluding hydrogens is 346 g/mol. The van der Waals surface area contributed by atoms with Crippen LogP contribution in [0, 0.1) is 0 Å². The van der Waals surface area contributed by atoms with Crippen LogP contribution in [0.3, 0.4) is 0 Å². The second kappa shape index (κ2) is 4.90. The van der Waals surface area contributed by atoms with Crippen LogP contribution >= 0.6 is 27.5 Å². The highest BCUT2D eigenvalue weighted by Gasteiger charge is 2.16. The van der Waals surface area contributed by atoms with Gasteiger partial charge in [-0.1, -0.05) is 48.0 Å². The fraction of sp³-hybridized carbons (Fsp3) is 0. The lowest BCUT2D eigenvalue weighted by Gasteiger charge is -2.08. The van der Waals surface area contributed by atoms with E-state index in [1.807, 2.05) is 36.4 Å². The van der Waals surface area contributed by atoms with Crippen molar-refractivity contribution in [3.05, 3.63) is 76.2 Å². The summed E-state index contributed by atoms with van der Waals surface area (Å²) >= 11 is 10.2. The van der Waals surface area contributed by atoms with E-state index in [0.717, 1.165) is 31.6 Å². The molecule has 0 spiro atoms. The summed E-state index contributed by atoms with van der Waals surface area (Å²) in [5.74, 6) is 0. The van der Waals surface area contributed by atoms with E-state index in [9.17, 15) is 0 Å². The first kappa shape index (κ1) is 12.9. The fourth-order valence-electron chi connectivity index (χ4n) is 2.86. The molecule has 0 amide bonds. The molecule has 1 heterocycles. The molecule has 3 aromatic carbocycles. The SMILES string of the molecule is Clc1ccc(Br)c2c1c1ccccc1n2-c1ccccc1. The van der Waals surface area contributed by atoms with E-state index < -0.39 is 0 Å². The molecule has 0 unspecified atom stereocenters. The maximum atomic E-state index is 6.47. The molecule has 0 fully saturated rings. The Morgan fingerprint density at radius 1 is 0.810 bits per heavy atom. The molecule has 21 heavy (non-hydrogen) atoms. The summed E-state index contributed by atoms with van der Waals surface area (Å²) in [5.41, 5.74) is 3.40. The van der Waals surface area contributed by atoms with Crippen molar-refractivity contribution in [2.45, 2.75) is 0 Å². The highest BCUT2D eigenvalue weighted by molar-refractivity contribution is 9.10. The lowest BCUT2D eigenvalue weighted by atomic mass is 10.1. The molecule has 1 nitrogen and oxygen atoms in total. The molecule has 0 aliphatic rings. The summed E-state index contributed by atoms with van der Waals surface area (Å²) < 4.78 is 3.29. The molecule has 1 aromatic heterocycles. The molecule has 0 aliphatic carbocycles. The molecule has 0 atom stereocenters. The van der Waals surface area contributed by atoms with Gasteiger partial charge in [0.15, 0.2) is 0 Å². The van der Waals surface area contributed by atoms with Crippen LogP contribution in [-0.4, -0.2) is 4.57 Å². The van der Waals surface area contributed by atoms with Crippen molar-refractivity contribution in [3.8, 4) is 5.69 Å².